The van der Waals surface area contributed by atoms with E-state index in [9.17, 15) is 9.18 Å². The number of nitrogens with zero attached hydrogens (tertiary/aromatic N) is 1. The molecule has 20 heavy (non-hydrogen) atoms. The van der Waals surface area contributed by atoms with Crippen LogP contribution in [0.4, 0.5) is 26.2 Å². The second kappa shape index (κ2) is 5.71. The number of nitriles is 1. The monoisotopic (exact) mass is 270 g/mol. The molecule has 2 aromatic carbocycles. The van der Waals surface area contributed by atoms with E-state index in [0.717, 1.165) is 12.1 Å². The van der Waals surface area contributed by atoms with Gasteiger partial charge in [-0.2, -0.15) is 5.26 Å². The van der Waals surface area contributed by atoms with Gasteiger partial charge in [-0.1, -0.05) is 6.07 Å². The van der Waals surface area contributed by atoms with Crippen LogP contribution in [0.3, 0.4) is 0 Å². The standard InChI is InChI=1S/C14H11FN4O/c15-10-4-5-13(9(6-10)8-16)19-14(20)18-12-3-1-2-11(17)7-12/h1-7H,17H2,(H2,18,19,20). The molecule has 0 fully saturated rings. The second-order valence-corrected chi connectivity index (χ2v) is 4.01. The number of carbonyl (C=O) groups is 1. The molecule has 0 saturated heterocycles. The average molecular weight is 270 g/mol. The zero-order valence-corrected chi connectivity index (χ0v) is 10.4. The summed E-state index contributed by atoms with van der Waals surface area (Å²) in [5.74, 6) is -0.539. The molecule has 0 saturated carbocycles. The Bertz CT molecular complexity index is 694. The summed E-state index contributed by atoms with van der Waals surface area (Å²) >= 11 is 0. The molecule has 0 aromatic heterocycles. The lowest BCUT2D eigenvalue weighted by molar-refractivity contribution is 0.262. The number of hydrogen-bond donors (Lipinski definition) is 3. The van der Waals surface area contributed by atoms with Crippen LogP contribution >= 0.6 is 0 Å². The van der Waals surface area contributed by atoms with E-state index >= 15 is 0 Å². The predicted molar refractivity (Wildman–Crippen MR) is 74.6 cm³/mol. The molecule has 0 atom stereocenters. The highest BCUT2D eigenvalue weighted by Gasteiger charge is 2.08. The predicted octanol–water partition coefficient (Wildman–Crippen LogP) is 2.92. The number of urea groups is 1. The minimum atomic E-state index is -0.543. The Morgan fingerprint density at radius 3 is 2.70 bits per heavy atom. The van der Waals surface area contributed by atoms with Gasteiger partial charge in [0.05, 0.1) is 11.3 Å². The van der Waals surface area contributed by atoms with Gasteiger partial charge >= 0.3 is 6.03 Å². The Balaban J connectivity index is 2.11. The van der Waals surface area contributed by atoms with Crippen LogP contribution in [0.25, 0.3) is 0 Å². The van der Waals surface area contributed by atoms with Crippen molar-refractivity contribution >= 4 is 23.1 Å². The van der Waals surface area contributed by atoms with Crippen molar-refractivity contribution in [2.45, 2.75) is 0 Å². The van der Waals surface area contributed by atoms with Crippen molar-refractivity contribution in [3.8, 4) is 6.07 Å². The van der Waals surface area contributed by atoms with Gasteiger partial charge in [0, 0.05) is 11.4 Å². The fraction of sp³-hybridized carbons (Fsp3) is 0. The molecular weight excluding hydrogens is 259 g/mol. The summed E-state index contributed by atoms with van der Waals surface area (Å²) in [5, 5.41) is 13.9. The number of benzene rings is 2. The third-order valence-electron chi connectivity index (χ3n) is 2.49. The van der Waals surface area contributed by atoms with Gasteiger partial charge in [-0.25, -0.2) is 9.18 Å². The molecule has 100 valence electrons. The first-order valence-corrected chi connectivity index (χ1v) is 5.71. The van der Waals surface area contributed by atoms with E-state index in [4.69, 9.17) is 11.0 Å². The van der Waals surface area contributed by atoms with Crippen molar-refractivity contribution in [3.63, 3.8) is 0 Å². The minimum absolute atomic E-state index is 0.0488. The van der Waals surface area contributed by atoms with Gasteiger partial charge in [0.15, 0.2) is 0 Å². The first-order valence-electron chi connectivity index (χ1n) is 5.71. The molecule has 0 bridgehead atoms. The molecule has 0 aliphatic rings. The molecule has 0 radical (unpaired) electrons. The molecule has 2 amide bonds. The summed E-state index contributed by atoms with van der Waals surface area (Å²) in [6.07, 6.45) is 0. The number of amides is 2. The molecule has 4 N–H and O–H groups in total. The number of rotatable bonds is 2. The fourth-order valence-corrected chi connectivity index (χ4v) is 1.62. The van der Waals surface area contributed by atoms with E-state index in [1.165, 1.54) is 6.07 Å². The van der Waals surface area contributed by atoms with Crippen LogP contribution < -0.4 is 16.4 Å². The maximum absolute atomic E-state index is 13.0. The normalized spacial score (nSPS) is 9.60. The van der Waals surface area contributed by atoms with Crippen molar-refractivity contribution in [3.05, 3.63) is 53.8 Å². The number of nitrogen functional groups attached to an aromatic ring is 1. The molecule has 6 heteroatoms. The van der Waals surface area contributed by atoms with E-state index in [0.29, 0.717) is 11.4 Å². The molecule has 0 aliphatic heterocycles. The van der Waals surface area contributed by atoms with E-state index < -0.39 is 11.8 Å². The highest BCUT2D eigenvalue weighted by molar-refractivity contribution is 6.00. The third-order valence-corrected chi connectivity index (χ3v) is 2.49. The Labute approximate surface area is 114 Å². The summed E-state index contributed by atoms with van der Waals surface area (Å²) in [7, 11) is 0. The van der Waals surface area contributed by atoms with Gasteiger partial charge in [0.2, 0.25) is 0 Å². The van der Waals surface area contributed by atoms with Crippen LogP contribution in [0.2, 0.25) is 0 Å². The summed E-state index contributed by atoms with van der Waals surface area (Å²) in [6.45, 7) is 0. The first kappa shape index (κ1) is 13.4. The highest BCUT2D eigenvalue weighted by Crippen LogP contribution is 2.17. The van der Waals surface area contributed by atoms with Crippen LogP contribution in [0.15, 0.2) is 42.5 Å². The molecule has 0 heterocycles. The van der Waals surface area contributed by atoms with Gasteiger partial charge in [-0.05, 0) is 36.4 Å². The van der Waals surface area contributed by atoms with Gasteiger partial charge < -0.3 is 16.4 Å². The van der Waals surface area contributed by atoms with Crippen LogP contribution in [0, 0.1) is 17.1 Å². The van der Waals surface area contributed by atoms with E-state index in [1.54, 1.807) is 24.3 Å². The Morgan fingerprint density at radius 2 is 2.00 bits per heavy atom. The average Bonchev–Trinajstić information content (AvgIpc) is 2.40. The Hall–Kier alpha value is -3.07. The lowest BCUT2D eigenvalue weighted by Gasteiger charge is -2.09. The fourth-order valence-electron chi connectivity index (χ4n) is 1.62. The smallest absolute Gasteiger partial charge is 0.323 e. The lowest BCUT2D eigenvalue weighted by Crippen LogP contribution is -2.20. The molecule has 0 unspecified atom stereocenters. The highest BCUT2D eigenvalue weighted by atomic mass is 19.1. The van der Waals surface area contributed by atoms with Crippen molar-refractivity contribution < 1.29 is 9.18 Å². The third kappa shape index (κ3) is 3.23. The Kier molecular flexibility index (Phi) is 3.82. The van der Waals surface area contributed by atoms with Gasteiger partial charge in [-0.15, -0.1) is 0 Å². The molecule has 2 aromatic rings. The van der Waals surface area contributed by atoms with Crippen molar-refractivity contribution in [2.24, 2.45) is 0 Å². The van der Waals surface area contributed by atoms with Crippen LogP contribution in [0.5, 0.6) is 0 Å². The number of anilines is 3. The number of nitrogens with one attached hydrogen (secondary N) is 2. The minimum Gasteiger partial charge on any atom is -0.399 e. The Morgan fingerprint density at radius 1 is 1.20 bits per heavy atom. The van der Waals surface area contributed by atoms with Crippen molar-refractivity contribution in [2.75, 3.05) is 16.4 Å². The van der Waals surface area contributed by atoms with Crippen LogP contribution in [-0.4, -0.2) is 6.03 Å². The molecule has 0 spiro atoms. The van der Waals surface area contributed by atoms with Crippen molar-refractivity contribution in [1.29, 1.82) is 5.26 Å². The number of hydrogen-bond acceptors (Lipinski definition) is 3. The second-order valence-electron chi connectivity index (χ2n) is 4.01. The molecular formula is C14H11FN4O. The number of halogens is 1. The maximum atomic E-state index is 13.0. The largest absolute Gasteiger partial charge is 0.399 e. The molecule has 0 aliphatic carbocycles. The number of nitrogens with two attached hydrogens (primary N) is 1. The van der Waals surface area contributed by atoms with E-state index in [2.05, 4.69) is 10.6 Å². The summed E-state index contributed by atoms with van der Waals surface area (Å²) < 4.78 is 13.0. The first-order chi connectivity index (χ1) is 9.58. The number of carbonyl (C=O) groups excluding carboxylic acids is 1. The SMILES string of the molecule is N#Cc1cc(F)ccc1NC(=O)Nc1cccc(N)c1. The summed E-state index contributed by atoms with van der Waals surface area (Å²) in [5.41, 5.74) is 6.91. The van der Waals surface area contributed by atoms with Gasteiger partial charge in [0.1, 0.15) is 11.9 Å². The van der Waals surface area contributed by atoms with Crippen LogP contribution in [-0.2, 0) is 0 Å². The van der Waals surface area contributed by atoms with Gasteiger partial charge in [-0.3, -0.25) is 0 Å². The topological polar surface area (TPSA) is 90.9 Å². The lowest BCUT2D eigenvalue weighted by atomic mass is 10.2. The zero-order chi connectivity index (χ0) is 14.5. The summed E-state index contributed by atoms with van der Waals surface area (Å²) in [6, 6.07) is 11.5. The van der Waals surface area contributed by atoms with Crippen LogP contribution in [0.1, 0.15) is 5.56 Å². The molecule has 5 nitrogen and oxygen atoms in total. The molecule has 2 rings (SSSR count). The quantitative estimate of drug-likeness (QED) is 0.733. The zero-order valence-electron chi connectivity index (χ0n) is 10.4. The van der Waals surface area contributed by atoms with E-state index in [-0.39, 0.29) is 11.3 Å². The van der Waals surface area contributed by atoms with E-state index in [1.807, 2.05) is 6.07 Å². The van der Waals surface area contributed by atoms with Crippen molar-refractivity contribution in [1.82, 2.24) is 0 Å². The van der Waals surface area contributed by atoms with Gasteiger partial charge in [0.25, 0.3) is 0 Å². The summed E-state index contributed by atoms with van der Waals surface area (Å²) in [4.78, 5) is 11.8. The maximum Gasteiger partial charge on any atom is 0.323 e.